The van der Waals surface area contributed by atoms with E-state index in [0.717, 1.165) is 11.1 Å². The number of allylic oxidation sites excluding steroid dienone is 1. The smallest absolute Gasteiger partial charge is 0.340 e. The van der Waals surface area contributed by atoms with Crippen molar-refractivity contribution in [3.8, 4) is 11.1 Å². The zero-order chi connectivity index (χ0) is 47.6. The van der Waals surface area contributed by atoms with Crippen LogP contribution >= 0.6 is 7.60 Å². The molecule has 346 valence electrons. The van der Waals surface area contributed by atoms with E-state index < -0.39 is 61.3 Å². The Hall–Kier alpha value is -5.68. The van der Waals surface area contributed by atoms with E-state index in [1.165, 1.54) is 6.08 Å². The van der Waals surface area contributed by atoms with Crippen molar-refractivity contribution < 1.29 is 47.1 Å². The van der Waals surface area contributed by atoms with E-state index in [1.54, 1.807) is 81.7 Å². The number of nitrogens with zero attached hydrogens (tertiary/aromatic N) is 2. The molecule has 13 heteroatoms. The summed E-state index contributed by atoms with van der Waals surface area (Å²) in [7, 11) is -4.00. The number of para-hydroxylation sites is 1. The second-order valence-corrected chi connectivity index (χ2v) is 21.5. The Labute approximate surface area is 383 Å². The molecule has 0 aliphatic carbocycles. The lowest BCUT2D eigenvalue weighted by molar-refractivity contribution is -0.162. The molecule has 1 aliphatic heterocycles. The van der Waals surface area contributed by atoms with Crippen LogP contribution in [0.1, 0.15) is 92.7 Å². The summed E-state index contributed by atoms with van der Waals surface area (Å²) in [5.74, 6) is -2.52. The molecule has 12 nitrogen and oxygen atoms in total. The minimum absolute atomic E-state index is 0.0604. The molecule has 5 rings (SSSR count). The van der Waals surface area contributed by atoms with Crippen LogP contribution in [0.3, 0.4) is 0 Å². The molecule has 2 unspecified atom stereocenters. The lowest BCUT2D eigenvalue weighted by Crippen LogP contribution is -2.50. The molecule has 0 saturated carbocycles. The van der Waals surface area contributed by atoms with Gasteiger partial charge in [-0.05, 0) is 112 Å². The predicted molar refractivity (Wildman–Crippen MR) is 253 cm³/mol. The molecule has 2 atom stereocenters. The van der Waals surface area contributed by atoms with E-state index in [9.17, 15) is 28.5 Å². The van der Waals surface area contributed by atoms with Crippen LogP contribution in [-0.2, 0) is 53.2 Å². The second kappa shape index (κ2) is 21.5. The quantitative estimate of drug-likeness (QED) is 0.0434. The fraction of sp³-hybridized carbons (Fsp3) is 0.404. The van der Waals surface area contributed by atoms with Crippen molar-refractivity contribution >= 4 is 54.6 Å². The summed E-state index contributed by atoms with van der Waals surface area (Å²) >= 11 is 0. The van der Waals surface area contributed by atoms with E-state index in [0.29, 0.717) is 41.9 Å². The molecule has 0 aromatic heterocycles. The van der Waals surface area contributed by atoms with E-state index in [-0.39, 0.29) is 30.2 Å². The molecular formula is C52H63N2O10P. The van der Waals surface area contributed by atoms with Gasteiger partial charge in [-0.1, -0.05) is 112 Å². The van der Waals surface area contributed by atoms with Crippen molar-refractivity contribution in [3.05, 3.63) is 126 Å². The number of anilines is 2. The molecule has 0 N–H and O–H groups in total. The van der Waals surface area contributed by atoms with E-state index in [1.807, 2.05) is 106 Å². The number of hydrogen-bond donors (Lipinski definition) is 0. The number of carbonyl (C=O) groups is 5. The van der Waals surface area contributed by atoms with Gasteiger partial charge in [0.2, 0.25) is 19.5 Å². The van der Waals surface area contributed by atoms with Gasteiger partial charge in [0, 0.05) is 24.3 Å². The van der Waals surface area contributed by atoms with Crippen molar-refractivity contribution in [1.29, 1.82) is 0 Å². The van der Waals surface area contributed by atoms with Gasteiger partial charge in [-0.3, -0.25) is 42.5 Å². The summed E-state index contributed by atoms with van der Waals surface area (Å²) in [6.07, 6.45) is 3.95. The summed E-state index contributed by atoms with van der Waals surface area (Å²) in [6.45, 7) is 15.0. The average molecular weight is 907 g/mol. The van der Waals surface area contributed by atoms with Gasteiger partial charge in [-0.25, -0.2) is 0 Å². The standard InChI is InChI=1S/C52H63N2O10P/c1-50(2,3)44(46(56)53-32-16-21-45(53)47(57)54(41-19-14-11-15-20-41)42-29-27-40(28-30-42)39-17-12-10-13-18-39)33-43(55)31-26-37-22-24-38(25-23-37)34-65(60,63-35-61-48(58)51(4,5)6)64-36-62-49(59)52(7,8)9/h10-15,17-20,22-31,44-45H,16,21,32-36H2,1-9H3/b31-26+. The number of ether oxygens (including phenoxy) is 2. The zero-order valence-electron chi connectivity index (χ0n) is 39.1. The van der Waals surface area contributed by atoms with Gasteiger partial charge < -0.3 is 14.4 Å². The van der Waals surface area contributed by atoms with Crippen LogP contribution in [0.25, 0.3) is 17.2 Å². The first-order chi connectivity index (χ1) is 30.6. The summed E-state index contributed by atoms with van der Waals surface area (Å²) < 4.78 is 35.1. The highest BCUT2D eigenvalue weighted by Crippen LogP contribution is 2.51. The van der Waals surface area contributed by atoms with Gasteiger partial charge >= 0.3 is 19.5 Å². The first-order valence-corrected chi connectivity index (χ1v) is 23.7. The summed E-state index contributed by atoms with van der Waals surface area (Å²) in [5, 5.41) is 0. The summed E-state index contributed by atoms with van der Waals surface area (Å²) in [5.41, 5.74) is 2.45. The van der Waals surface area contributed by atoms with Crippen molar-refractivity contribution in [1.82, 2.24) is 4.90 Å². The SMILES string of the molecule is CC(C)(C)C(=O)OCOP(=O)(Cc1ccc(/C=C/C(=O)CC(C(=O)N2CCCC2C(=O)N(c2ccccc2)c2ccc(-c3ccccc3)cc2)C(C)(C)C)cc1)OCOC(=O)C(C)(C)C. The highest BCUT2D eigenvalue weighted by molar-refractivity contribution is 7.53. The molecule has 2 amide bonds. The van der Waals surface area contributed by atoms with Crippen LogP contribution in [0.5, 0.6) is 0 Å². The molecule has 0 bridgehead atoms. The molecule has 1 saturated heterocycles. The van der Waals surface area contributed by atoms with Crippen LogP contribution < -0.4 is 4.90 Å². The number of ketones is 1. The minimum Gasteiger partial charge on any atom is -0.438 e. The van der Waals surface area contributed by atoms with Crippen LogP contribution in [0, 0.1) is 22.2 Å². The Bertz CT molecular complexity index is 2310. The Morgan fingerprint density at radius 3 is 1.72 bits per heavy atom. The maximum atomic E-state index is 14.7. The lowest BCUT2D eigenvalue weighted by Gasteiger charge is -2.36. The molecular weight excluding hydrogens is 844 g/mol. The minimum atomic E-state index is -4.00. The topological polar surface area (TPSA) is 146 Å². The monoisotopic (exact) mass is 906 g/mol. The number of amides is 2. The predicted octanol–water partition coefficient (Wildman–Crippen LogP) is 11.2. The lowest BCUT2D eigenvalue weighted by atomic mass is 9.76. The first-order valence-electron chi connectivity index (χ1n) is 21.9. The fourth-order valence-electron chi connectivity index (χ4n) is 7.11. The molecule has 1 fully saturated rings. The fourth-order valence-corrected chi connectivity index (χ4v) is 8.45. The van der Waals surface area contributed by atoms with Crippen LogP contribution in [0.4, 0.5) is 11.4 Å². The maximum absolute atomic E-state index is 14.7. The van der Waals surface area contributed by atoms with Crippen LogP contribution in [0.2, 0.25) is 0 Å². The molecule has 1 heterocycles. The Morgan fingerprint density at radius 1 is 0.692 bits per heavy atom. The van der Waals surface area contributed by atoms with Crippen molar-refractivity contribution in [2.45, 2.75) is 93.8 Å². The highest BCUT2D eigenvalue weighted by Gasteiger charge is 2.43. The van der Waals surface area contributed by atoms with Crippen molar-refractivity contribution in [2.24, 2.45) is 22.2 Å². The third-order valence-corrected chi connectivity index (χ3v) is 12.7. The third kappa shape index (κ3) is 14.2. The number of rotatable bonds is 17. The first kappa shape index (κ1) is 50.3. The van der Waals surface area contributed by atoms with Crippen molar-refractivity contribution in [3.63, 3.8) is 0 Å². The number of hydrogen-bond acceptors (Lipinski definition) is 10. The molecule has 4 aromatic rings. The summed E-state index contributed by atoms with van der Waals surface area (Å²) in [6, 6.07) is 33.4. The Balaban J connectivity index is 1.27. The van der Waals surface area contributed by atoms with E-state index >= 15 is 0 Å². The highest BCUT2D eigenvalue weighted by atomic mass is 31.2. The van der Waals surface area contributed by atoms with E-state index in [2.05, 4.69) is 0 Å². The van der Waals surface area contributed by atoms with Gasteiger partial charge in [0.15, 0.2) is 5.78 Å². The number of likely N-dealkylation sites (tertiary alicyclic amines) is 1. The Morgan fingerprint density at radius 2 is 1.20 bits per heavy atom. The molecule has 4 aromatic carbocycles. The maximum Gasteiger partial charge on any atom is 0.340 e. The molecule has 0 radical (unpaired) electrons. The van der Waals surface area contributed by atoms with Gasteiger partial charge in [-0.2, -0.15) is 0 Å². The van der Waals surface area contributed by atoms with Crippen LogP contribution in [0.15, 0.2) is 115 Å². The van der Waals surface area contributed by atoms with Gasteiger partial charge in [-0.15, -0.1) is 0 Å². The van der Waals surface area contributed by atoms with E-state index in [4.69, 9.17) is 18.5 Å². The number of benzene rings is 4. The van der Waals surface area contributed by atoms with Gasteiger partial charge in [0.1, 0.15) is 6.04 Å². The second-order valence-electron chi connectivity index (χ2n) is 19.4. The molecule has 65 heavy (non-hydrogen) atoms. The number of carbonyl (C=O) groups excluding carboxylic acids is 5. The normalized spacial score (nSPS) is 15.1. The zero-order valence-corrected chi connectivity index (χ0v) is 40.0. The molecule has 1 aliphatic rings. The summed E-state index contributed by atoms with van der Waals surface area (Å²) in [4.78, 5) is 70.8. The molecule has 0 spiro atoms. The van der Waals surface area contributed by atoms with Gasteiger partial charge in [0.25, 0.3) is 5.91 Å². The third-order valence-electron chi connectivity index (χ3n) is 11.0. The largest absolute Gasteiger partial charge is 0.438 e. The van der Waals surface area contributed by atoms with Crippen molar-refractivity contribution in [2.75, 3.05) is 25.0 Å². The Kier molecular flexibility index (Phi) is 16.7. The average Bonchev–Trinajstić information content (AvgIpc) is 3.75. The van der Waals surface area contributed by atoms with Gasteiger partial charge in [0.05, 0.1) is 22.9 Å². The number of esters is 2. The van der Waals surface area contributed by atoms with Crippen LogP contribution in [-0.4, -0.2) is 60.6 Å².